The van der Waals surface area contributed by atoms with E-state index in [-0.39, 0.29) is 0 Å². The first-order chi connectivity index (χ1) is 5.86. The van der Waals surface area contributed by atoms with Crippen LogP contribution in [0.5, 0.6) is 0 Å². The largest absolute Gasteiger partial charge is 0.438 e. The SMILES string of the molecule is O=c1[nH]c(C2CCCCS2)no1. The smallest absolute Gasteiger partial charge is 0.296 e. The average molecular weight is 186 g/mol. The van der Waals surface area contributed by atoms with E-state index in [1.807, 2.05) is 11.8 Å². The summed E-state index contributed by atoms with van der Waals surface area (Å²) in [4.78, 5) is 13.2. The van der Waals surface area contributed by atoms with E-state index in [9.17, 15) is 4.79 Å². The van der Waals surface area contributed by atoms with Crippen molar-refractivity contribution in [1.29, 1.82) is 0 Å². The third-order valence-electron chi connectivity index (χ3n) is 1.94. The first kappa shape index (κ1) is 7.91. The standard InChI is InChI=1S/C7H10N2O2S/c10-7-8-6(9-11-7)5-3-1-2-4-12-5/h5H,1-4H2,(H,8,9,10). The van der Waals surface area contributed by atoms with Crippen LogP contribution >= 0.6 is 11.8 Å². The van der Waals surface area contributed by atoms with Gasteiger partial charge in [0, 0.05) is 0 Å². The van der Waals surface area contributed by atoms with Crippen LogP contribution in [-0.4, -0.2) is 15.9 Å². The van der Waals surface area contributed by atoms with Gasteiger partial charge in [-0.1, -0.05) is 11.6 Å². The maximum Gasteiger partial charge on any atom is 0.438 e. The molecular weight excluding hydrogens is 176 g/mol. The van der Waals surface area contributed by atoms with Crippen molar-refractivity contribution in [3.05, 3.63) is 16.4 Å². The summed E-state index contributed by atoms with van der Waals surface area (Å²) in [6, 6.07) is 0. The maximum absolute atomic E-state index is 10.6. The lowest BCUT2D eigenvalue weighted by molar-refractivity contribution is 0.380. The molecule has 1 N–H and O–H groups in total. The van der Waals surface area contributed by atoms with Crippen LogP contribution in [0.2, 0.25) is 0 Å². The molecule has 2 rings (SSSR count). The first-order valence-corrected chi connectivity index (χ1v) is 5.08. The number of nitrogens with zero attached hydrogens (tertiary/aromatic N) is 1. The molecule has 1 unspecified atom stereocenters. The monoisotopic (exact) mass is 186 g/mol. The molecule has 5 heteroatoms. The minimum atomic E-state index is -0.448. The molecule has 1 fully saturated rings. The van der Waals surface area contributed by atoms with Gasteiger partial charge in [-0.05, 0) is 18.6 Å². The molecule has 1 atom stereocenters. The number of rotatable bonds is 1. The zero-order valence-corrected chi connectivity index (χ0v) is 7.39. The van der Waals surface area contributed by atoms with Crippen LogP contribution in [0.1, 0.15) is 30.3 Å². The molecule has 1 saturated heterocycles. The molecule has 1 aliphatic rings. The van der Waals surface area contributed by atoms with Gasteiger partial charge >= 0.3 is 5.76 Å². The molecule has 0 amide bonds. The molecule has 2 heterocycles. The van der Waals surface area contributed by atoms with Gasteiger partial charge in [0.1, 0.15) is 0 Å². The zero-order chi connectivity index (χ0) is 8.39. The zero-order valence-electron chi connectivity index (χ0n) is 6.58. The van der Waals surface area contributed by atoms with E-state index in [0.717, 1.165) is 12.2 Å². The van der Waals surface area contributed by atoms with Crippen molar-refractivity contribution in [2.45, 2.75) is 24.5 Å². The molecular formula is C7H10N2O2S. The van der Waals surface area contributed by atoms with Gasteiger partial charge in [-0.15, -0.1) is 0 Å². The minimum absolute atomic E-state index is 0.338. The molecule has 0 aliphatic carbocycles. The highest BCUT2D eigenvalue weighted by Gasteiger charge is 2.19. The number of aromatic nitrogens is 2. The highest BCUT2D eigenvalue weighted by atomic mass is 32.2. The summed E-state index contributed by atoms with van der Waals surface area (Å²) in [5.41, 5.74) is 0. The van der Waals surface area contributed by atoms with Crippen LogP contribution in [0.4, 0.5) is 0 Å². The summed E-state index contributed by atoms with van der Waals surface area (Å²) in [5.74, 6) is 1.40. The lowest BCUT2D eigenvalue weighted by atomic mass is 10.2. The topological polar surface area (TPSA) is 58.9 Å². The lowest BCUT2D eigenvalue weighted by Crippen LogP contribution is -2.05. The van der Waals surface area contributed by atoms with E-state index in [4.69, 9.17) is 0 Å². The molecule has 0 aromatic carbocycles. The van der Waals surface area contributed by atoms with Crippen molar-refractivity contribution >= 4 is 11.8 Å². The van der Waals surface area contributed by atoms with Gasteiger partial charge in [-0.2, -0.15) is 11.8 Å². The minimum Gasteiger partial charge on any atom is -0.296 e. The Morgan fingerprint density at radius 1 is 1.58 bits per heavy atom. The van der Waals surface area contributed by atoms with E-state index < -0.39 is 5.76 Å². The Kier molecular flexibility index (Phi) is 2.21. The normalized spacial score (nSPS) is 24.2. The number of nitrogens with one attached hydrogen (secondary N) is 1. The second-order valence-electron chi connectivity index (χ2n) is 2.84. The molecule has 66 valence electrons. The van der Waals surface area contributed by atoms with E-state index >= 15 is 0 Å². The van der Waals surface area contributed by atoms with Crippen molar-refractivity contribution in [3.8, 4) is 0 Å². The number of hydrogen-bond donors (Lipinski definition) is 1. The quantitative estimate of drug-likeness (QED) is 0.718. The number of H-pyrrole nitrogens is 1. The molecule has 0 radical (unpaired) electrons. The van der Waals surface area contributed by atoms with Gasteiger partial charge < -0.3 is 0 Å². The molecule has 0 spiro atoms. The number of hydrogen-bond acceptors (Lipinski definition) is 4. The fraction of sp³-hybridized carbons (Fsp3) is 0.714. The Labute approximate surface area is 73.7 Å². The predicted octanol–water partition coefficient (Wildman–Crippen LogP) is 1.32. The fourth-order valence-electron chi connectivity index (χ4n) is 1.34. The Morgan fingerprint density at radius 2 is 2.50 bits per heavy atom. The van der Waals surface area contributed by atoms with E-state index in [0.29, 0.717) is 11.1 Å². The van der Waals surface area contributed by atoms with Gasteiger partial charge in [-0.3, -0.25) is 9.51 Å². The summed E-state index contributed by atoms with van der Waals surface area (Å²) in [7, 11) is 0. The molecule has 4 nitrogen and oxygen atoms in total. The highest BCUT2D eigenvalue weighted by molar-refractivity contribution is 7.99. The number of thioether (sulfide) groups is 1. The van der Waals surface area contributed by atoms with Crippen LogP contribution in [0, 0.1) is 0 Å². The van der Waals surface area contributed by atoms with Crippen LogP contribution in [0.15, 0.2) is 9.32 Å². The van der Waals surface area contributed by atoms with E-state index in [1.54, 1.807) is 0 Å². The Bertz CT molecular complexity index is 300. The van der Waals surface area contributed by atoms with Crippen LogP contribution in [0.25, 0.3) is 0 Å². The second kappa shape index (κ2) is 3.35. The lowest BCUT2D eigenvalue weighted by Gasteiger charge is -2.17. The molecule has 1 aliphatic heterocycles. The van der Waals surface area contributed by atoms with Gasteiger partial charge in [0.2, 0.25) is 0 Å². The van der Waals surface area contributed by atoms with Crippen molar-refractivity contribution in [3.63, 3.8) is 0 Å². The Balaban J connectivity index is 2.13. The summed E-state index contributed by atoms with van der Waals surface area (Å²) in [6.45, 7) is 0. The highest BCUT2D eigenvalue weighted by Crippen LogP contribution is 2.35. The molecule has 1 aromatic heterocycles. The average Bonchev–Trinajstić information content (AvgIpc) is 2.54. The molecule has 0 bridgehead atoms. The molecule has 12 heavy (non-hydrogen) atoms. The van der Waals surface area contributed by atoms with Gasteiger partial charge in [0.15, 0.2) is 5.82 Å². The van der Waals surface area contributed by atoms with Gasteiger partial charge in [0.25, 0.3) is 0 Å². The van der Waals surface area contributed by atoms with Crippen molar-refractivity contribution in [1.82, 2.24) is 10.1 Å². The Hall–Kier alpha value is -0.710. The van der Waals surface area contributed by atoms with Crippen molar-refractivity contribution in [2.75, 3.05) is 5.75 Å². The number of aromatic amines is 1. The van der Waals surface area contributed by atoms with E-state index in [2.05, 4.69) is 14.7 Å². The van der Waals surface area contributed by atoms with Crippen molar-refractivity contribution < 1.29 is 4.52 Å². The van der Waals surface area contributed by atoms with Gasteiger partial charge in [0.05, 0.1) is 5.25 Å². The van der Waals surface area contributed by atoms with Crippen LogP contribution in [-0.2, 0) is 0 Å². The van der Waals surface area contributed by atoms with Crippen LogP contribution in [0.3, 0.4) is 0 Å². The van der Waals surface area contributed by atoms with Gasteiger partial charge in [-0.25, -0.2) is 4.79 Å². The van der Waals surface area contributed by atoms with Crippen molar-refractivity contribution in [2.24, 2.45) is 0 Å². The first-order valence-electron chi connectivity index (χ1n) is 4.04. The third kappa shape index (κ3) is 1.55. The van der Waals surface area contributed by atoms with Crippen LogP contribution < -0.4 is 5.76 Å². The van der Waals surface area contributed by atoms with E-state index in [1.165, 1.54) is 12.8 Å². The predicted molar refractivity (Wildman–Crippen MR) is 46.2 cm³/mol. The summed E-state index contributed by atoms with van der Waals surface area (Å²) >= 11 is 1.84. The Morgan fingerprint density at radius 3 is 3.08 bits per heavy atom. The maximum atomic E-state index is 10.6. The fourth-order valence-corrected chi connectivity index (χ4v) is 2.58. The second-order valence-corrected chi connectivity index (χ2v) is 4.15. The third-order valence-corrected chi connectivity index (χ3v) is 3.33. The molecule has 1 aromatic rings. The summed E-state index contributed by atoms with van der Waals surface area (Å²) in [5, 5.41) is 4.01. The molecule has 0 saturated carbocycles. The summed E-state index contributed by atoms with van der Waals surface area (Å²) < 4.78 is 4.44. The summed E-state index contributed by atoms with van der Waals surface area (Å²) in [6.07, 6.45) is 3.57.